The van der Waals surface area contributed by atoms with Crippen LogP contribution in [0, 0.1) is 0 Å². The smallest absolute Gasteiger partial charge is 0.0997 e. The van der Waals surface area contributed by atoms with E-state index in [0.29, 0.717) is 0 Å². The molecule has 0 N–H and O–H groups in total. The molecule has 0 saturated carbocycles. The lowest BCUT2D eigenvalue weighted by Gasteiger charge is -2.18. The summed E-state index contributed by atoms with van der Waals surface area (Å²) in [5.74, 6) is 0. The summed E-state index contributed by atoms with van der Waals surface area (Å²) in [5.41, 5.74) is 10.6. The zero-order valence-electron chi connectivity index (χ0n) is 22.3. The van der Waals surface area contributed by atoms with Crippen LogP contribution in [0.25, 0.3) is 45.5 Å². The van der Waals surface area contributed by atoms with Gasteiger partial charge >= 0.3 is 0 Å². The third-order valence-corrected chi connectivity index (χ3v) is 9.29. The average Bonchev–Trinajstić information content (AvgIpc) is 3.72. The quantitative estimate of drug-likeness (QED) is 0.231. The molecule has 0 saturated heterocycles. The predicted octanol–water partition coefficient (Wildman–Crippen LogP) is 6.08. The standard InChI is InChI=1S/C37H24N4/c1-2-10-23-22(9-1)30-17-34-26-13-5-6-14-27(26)36-19-32-24-11-3-4-12-25(24)33(39-32)20-37-29-16-8-7-15-28(29)35(18-31(23)38-30)41(37)21-40(34)36/h1-19,33H,20-21H2/b31-18-,34-17-,36-19-. The van der Waals surface area contributed by atoms with Crippen molar-refractivity contribution in [3.8, 4) is 0 Å². The Morgan fingerprint density at radius 3 is 2.00 bits per heavy atom. The van der Waals surface area contributed by atoms with Crippen molar-refractivity contribution in [2.45, 2.75) is 19.1 Å². The molecule has 4 heteroatoms. The molecule has 0 radical (unpaired) electrons. The van der Waals surface area contributed by atoms with Crippen molar-refractivity contribution >= 4 is 56.9 Å². The Bertz CT molecular complexity index is 2370. The van der Waals surface area contributed by atoms with Crippen LogP contribution in [0.5, 0.6) is 0 Å². The molecule has 6 aromatic rings. The van der Waals surface area contributed by atoms with Gasteiger partial charge in [0.2, 0.25) is 0 Å². The first-order valence-electron chi connectivity index (χ1n) is 14.3. The van der Waals surface area contributed by atoms with Crippen molar-refractivity contribution in [3.05, 3.63) is 141 Å². The molecule has 192 valence electrons. The first-order chi connectivity index (χ1) is 20.3. The lowest BCUT2D eigenvalue weighted by Crippen LogP contribution is -2.32. The topological polar surface area (TPSA) is 34.6 Å². The largest absolute Gasteiger partial charge is 0.325 e. The highest BCUT2D eigenvalue weighted by molar-refractivity contribution is 6.28. The molecule has 6 bridgehead atoms. The Balaban J connectivity index is 1.45. The second-order valence-corrected chi connectivity index (χ2v) is 11.4. The Labute approximate surface area is 236 Å². The SMILES string of the molecule is C1=C2N=C(/C=c3/c4ccccc4/c4n3Cn3c/1c1ccccc1c3CC1N=C(\C=4)c3ccccc31)c1ccccc1\2. The van der Waals surface area contributed by atoms with Crippen LogP contribution < -0.4 is 10.7 Å². The number of hydrogen-bond acceptors (Lipinski definition) is 2. The maximum Gasteiger partial charge on any atom is 0.0997 e. The fraction of sp³-hybridized carbons (Fsp3) is 0.0811. The van der Waals surface area contributed by atoms with Gasteiger partial charge in [0.15, 0.2) is 0 Å². The fourth-order valence-electron chi connectivity index (χ4n) is 7.46. The third kappa shape index (κ3) is 2.84. The van der Waals surface area contributed by atoms with Crippen molar-refractivity contribution in [3.63, 3.8) is 0 Å². The number of fused-ring (bicyclic) bond motifs is 14. The van der Waals surface area contributed by atoms with Crippen molar-refractivity contribution in [1.29, 1.82) is 0 Å². The molecule has 1 atom stereocenters. The van der Waals surface area contributed by atoms with Gasteiger partial charge in [-0.3, -0.25) is 4.99 Å². The van der Waals surface area contributed by atoms with E-state index in [-0.39, 0.29) is 6.04 Å². The molecule has 4 aromatic carbocycles. The maximum atomic E-state index is 5.39. The number of nitrogens with zero attached hydrogens (tertiary/aromatic N) is 4. The highest BCUT2D eigenvalue weighted by atomic mass is 15.2. The second kappa shape index (κ2) is 7.70. The van der Waals surface area contributed by atoms with Crippen LogP contribution in [0.4, 0.5) is 0 Å². The summed E-state index contributed by atoms with van der Waals surface area (Å²) in [4.78, 5) is 10.7. The van der Waals surface area contributed by atoms with E-state index >= 15 is 0 Å². The summed E-state index contributed by atoms with van der Waals surface area (Å²) in [5, 5.41) is 7.40. The number of rotatable bonds is 0. The molecule has 10 rings (SSSR count). The van der Waals surface area contributed by atoms with Crippen molar-refractivity contribution in [2.24, 2.45) is 9.98 Å². The Kier molecular flexibility index (Phi) is 4.05. The molecule has 4 aliphatic rings. The number of aliphatic imine (C=N–C) groups is 2. The van der Waals surface area contributed by atoms with Crippen molar-refractivity contribution in [2.75, 3.05) is 0 Å². The minimum Gasteiger partial charge on any atom is -0.325 e. The number of hydrogen-bond donors (Lipinski definition) is 0. The van der Waals surface area contributed by atoms with Crippen molar-refractivity contribution < 1.29 is 0 Å². The molecule has 0 fully saturated rings. The van der Waals surface area contributed by atoms with Gasteiger partial charge < -0.3 is 9.13 Å². The maximum absolute atomic E-state index is 5.39. The molecule has 4 nitrogen and oxygen atoms in total. The van der Waals surface area contributed by atoms with Gasteiger partial charge in [0, 0.05) is 50.4 Å². The fourth-order valence-corrected chi connectivity index (χ4v) is 7.46. The normalized spacial score (nSPS) is 20.6. The van der Waals surface area contributed by atoms with Gasteiger partial charge in [-0.1, -0.05) is 97.1 Å². The summed E-state index contributed by atoms with van der Waals surface area (Å²) < 4.78 is 5.02. The second-order valence-electron chi connectivity index (χ2n) is 11.4. The molecule has 4 aliphatic heterocycles. The van der Waals surface area contributed by atoms with Gasteiger partial charge in [-0.05, 0) is 23.8 Å². The van der Waals surface area contributed by atoms with E-state index in [1.807, 2.05) is 0 Å². The number of aromatic nitrogens is 2. The third-order valence-electron chi connectivity index (χ3n) is 9.29. The first kappa shape index (κ1) is 21.6. The van der Waals surface area contributed by atoms with E-state index in [1.54, 1.807) is 0 Å². The van der Waals surface area contributed by atoms with E-state index in [0.717, 1.165) is 30.2 Å². The Hall–Kier alpha value is -5.22. The lowest BCUT2D eigenvalue weighted by molar-refractivity contribution is 0.556. The van der Waals surface area contributed by atoms with Crippen LogP contribution in [-0.4, -0.2) is 20.6 Å². The zero-order valence-corrected chi connectivity index (χ0v) is 22.3. The summed E-state index contributed by atoms with van der Waals surface area (Å²) >= 11 is 0. The monoisotopic (exact) mass is 524 g/mol. The van der Waals surface area contributed by atoms with Crippen LogP contribution in [0.2, 0.25) is 0 Å². The number of benzene rings is 4. The van der Waals surface area contributed by atoms with E-state index in [4.69, 9.17) is 9.98 Å². The zero-order chi connectivity index (χ0) is 26.7. The van der Waals surface area contributed by atoms with Gasteiger partial charge in [-0.15, -0.1) is 0 Å². The van der Waals surface area contributed by atoms with Crippen LogP contribution in [-0.2, 0) is 13.1 Å². The Morgan fingerprint density at radius 1 is 0.561 bits per heavy atom. The average molecular weight is 525 g/mol. The van der Waals surface area contributed by atoms with E-state index < -0.39 is 0 Å². The van der Waals surface area contributed by atoms with Crippen LogP contribution in [0.3, 0.4) is 0 Å². The summed E-state index contributed by atoms with van der Waals surface area (Å²) in [7, 11) is 0. The molecule has 1 unspecified atom stereocenters. The summed E-state index contributed by atoms with van der Waals surface area (Å²) in [6.07, 6.45) is 7.78. The van der Waals surface area contributed by atoms with Gasteiger partial charge in [-0.2, -0.15) is 0 Å². The predicted molar refractivity (Wildman–Crippen MR) is 168 cm³/mol. The minimum atomic E-state index is 0.0820. The van der Waals surface area contributed by atoms with E-state index in [2.05, 4.69) is 124 Å². The molecule has 0 spiro atoms. The van der Waals surface area contributed by atoms with Gasteiger partial charge in [0.1, 0.15) is 0 Å². The highest BCUT2D eigenvalue weighted by Crippen LogP contribution is 2.39. The summed E-state index contributed by atoms with van der Waals surface area (Å²) in [6, 6.07) is 35.2. The molecule has 0 aliphatic carbocycles. The highest BCUT2D eigenvalue weighted by Gasteiger charge is 2.30. The molecule has 6 heterocycles. The van der Waals surface area contributed by atoms with Crippen LogP contribution in [0.1, 0.15) is 39.7 Å². The van der Waals surface area contributed by atoms with Gasteiger partial charge in [0.25, 0.3) is 0 Å². The van der Waals surface area contributed by atoms with Crippen molar-refractivity contribution in [1.82, 2.24) is 9.13 Å². The summed E-state index contributed by atoms with van der Waals surface area (Å²) in [6.45, 7) is 0.718. The molecule has 0 amide bonds. The van der Waals surface area contributed by atoms with E-state index in [9.17, 15) is 0 Å². The first-order valence-corrected chi connectivity index (χ1v) is 14.3. The van der Waals surface area contributed by atoms with Gasteiger partial charge in [0.05, 0.1) is 46.2 Å². The van der Waals surface area contributed by atoms with Gasteiger partial charge in [-0.25, -0.2) is 4.99 Å². The molecular formula is C37H24N4. The Morgan fingerprint density at radius 2 is 1.20 bits per heavy atom. The van der Waals surface area contributed by atoms with Crippen LogP contribution in [0.15, 0.2) is 107 Å². The van der Waals surface area contributed by atoms with E-state index in [1.165, 1.54) is 65.9 Å². The molecule has 2 aromatic heterocycles. The van der Waals surface area contributed by atoms with Crippen LogP contribution >= 0.6 is 0 Å². The molecule has 41 heavy (non-hydrogen) atoms. The minimum absolute atomic E-state index is 0.0820. The molecular weight excluding hydrogens is 500 g/mol. The lowest BCUT2D eigenvalue weighted by atomic mass is 9.97.